The van der Waals surface area contributed by atoms with E-state index < -0.39 is 18.1 Å². The number of nitrogens with two attached hydrogens (primary N) is 1. The SMILES string of the molecule is CC(N)(c1cnn(-c2cccc(Br)c2)c1)C(F)(F)COC#N. The summed E-state index contributed by atoms with van der Waals surface area (Å²) in [5, 5.41) is 12.3. The molecular weight excluding hydrogens is 358 g/mol. The van der Waals surface area contributed by atoms with Gasteiger partial charge in [-0.3, -0.25) is 0 Å². The molecular formula is C14H13BrF2N4O. The molecule has 2 aromatic rings. The molecule has 0 aliphatic heterocycles. The van der Waals surface area contributed by atoms with E-state index in [1.165, 1.54) is 30.3 Å². The lowest BCUT2D eigenvalue weighted by atomic mass is 9.89. The molecule has 0 bridgehead atoms. The minimum atomic E-state index is -3.42. The van der Waals surface area contributed by atoms with Gasteiger partial charge < -0.3 is 10.5 Å². The summed E-state index contributed by atoms with van der Waals surface area (Å²) in [5.41, 5.74) is 4.60. The van der Waals surface area contributed by atoms with Gasteiger partial charge in [-0.1, -0.05) is 22.0 Å². The molecule has 1 aromatic carbocycles. The zero-order valence-corrected chi connectivity index (χ0v) is 13.2. The van der Waals surface area contributed by atoms with Gasteiger partial charge in [0, 0.05) is 16.2 Å². The number of halogens is 3. The maximum absolute atomic E-state index is 14.1. The summed E-state index contributed by atoms with van der Waals surface area (Å²) in [4.78, 5) is 0. The average Bonchev–Trinajstić information content (AvgIpc) is 2.95. The zero-order chi connectivity index (χ0) is 16.4. The second kappa shape index (κ2) is 6.02. The fraction of sp³-hybridized carbons (Fsp3) is 0.286. The molecule has 1 unspecified atom stereocenters. The second-order valence-corrected chi connectivity index (χ2v) is 5.86. The summed E-state index contributed by atoms with van der Waals surface area (Å²) in [7, 11) is 0. The molecule has 22 heavy (non-hydrogen) atoms. The van der Waals surface area contributed by atoms with Crippen LogP contribution < -0.4 is 5.73 Å². The van der Waals surface area contributed by atoms with E-state index >= 15 is 0 Å². The van der Waals surface area contributed by atoms with Crippen LogP contribution in [0.15, 0.2) is 41.1 Å². The average molecular weight is 371 g/mol. The van der Waals surface area contributed by atoms with Crippen LogP contribution in [0, 0.1) is 11.5 Å². The maximum Gasteiger partial charge on any atom is 0.303 e. The standard InChI is InChI=1S/C14H13BrF2N4O/c1-13(19,14(16,17)8-22-9-18)10-6-20-21(7-10)12-4-2-3-11(15)5-12/h2-7H,8,19H2,1H3. The smallest absolute Gasteiger partial charge is 0.303 e. The first kappa shape index (κ1) is 16.4. The highest BCUT2D eigenvalue weighted by molar-refractivity contribution is 9.10. The van der Waals surface area contributed by atoms with Gasteiger partial charge >= 0.3 is 5.92 Å². The third kappa shape index (κ3) is 3.10. The van der Waals surface area contributed by atoms with E-state index in [1.807, 2.05) is 6.07 Å². The normalized spacial score (nSPS) is 14.2. The Morgan fingerprint density at radius 2 is 2.23 bits per heavy atom. The highest BCUT2D eigenvalue weighted by Crippen LogP contribution is 2.35. The highest BCUT2D eigenvalue weighted by atomic mass is 79.9. The Labute approximate surface area is 134 Å². The molecule has 0 saturated carbocycles. The van der Waals surface area contributed by atoms with E-state index in [1.54, 1.807) is 18.2 Å². The minimum absolute atomic E-state index is 0.138. The first-order chi connectivity index (χ1) is 10.3. The first-order valence-electron chi connectivity index (χ1n) is 6.26. The quantitative estimate of drug-likeness (QED) is 0.820. The van der Waals surface area contributed by atoms with Gasteiger partial charge in [0.05, 0.1) is 11.9 Å². The molecule has 0 spiro atoms. The van der Waals surface area contributed by atoms with E-state index in [4.69, 9.17) is 11.0 Å². The number of nitriles is 1. The monoisotopic (exact) mass is 370 g/mol. The molecule has 2 rings (SSSR count). The van der Waals surface area contributed by atoms with Crippen molar-refractivity contribution in [3.05, 3.63) is 46.7 Å². The van der Waals surface area contributed by atoms with Crippen molar-refractivity contribution in [2.75, 3.05) is 6.61 Å². The van der Waals surface area contributed by atoms with Gasteiger partial charge in [-0.25, -0.2) is 13.5 Å². The van der Waals surface area contributed by atoms with Crippen molar-refractivity contribution in [3.63, 3.8) is 0 Å². The zero-order valence-electron chi connectivity index (χ0n) is 11.6. The van der Waals surface area contributed by atoms with Crippen LogP contribution in [0.2, 0.25) is 0 Å². The fourth-order valence-corrected chi connectivity index (χ4v) is 2.22. The Morgan fingerprint density at radius 3 is 2.86 bits per heavy atom. The molecule has 2 N–H and O–H groups in total. The van der Waals surface area contributed by atoms with Crippen molar-refractivity contribution in [1.29, 1.82) is 5.26 Å². The second-order valence-electron chi connectivity index (χ2n) is 4.94. The van der Waals surface area contributed by atoms with Crippen molar-refractivity contribution in [2.45, 2.75) is 18.4 Å². The summed E-state index contributed by atoms with van der Waals surface area (Å²) in [6, 6.07) is 7.22. The number of nitrogens with zero attached hydrogens (tertiary/aromatic N) is 3. The largest absolute Gasteiger partial charge is 0.421 e. The van der Waals surface area contributed by atoms with E-state index in [0.29, 0.717) is 5.69 Å². The predicted octanol–water partition coefficient (Wildman–Crippen LogP) is 2.94. The maximum atomic E-state index is 14.1. The molecule has 0 fully saturated rings. The lowest BCUT2D eigenvalue weighted by Crippen LogP contribution is -2.52. The Hall–Kier alpha value is -1.98. The van der Waals surface area contributed by atoms with Crippen LogP contribution in [-0.2, 0) is 10.3 Å². The van der Waals surface area contributed by atoms with Crippen LogP contribution >= 0.6 is 15.9 Å². The molecule has 1 atom stereocenters. The van der Waals surface area contributed by atoms with Gasteiger partial charge in [-0.2, -0.15) is 10.4 Å². The third-order valence-electron chi connectivity index (χ3n) is 3.33. The van der Waals surface area contributed by atoms with Gasteiger partial charge in [0.1, 0.15) is 5.54 Å². The number of alkyl halides is 2. The van der Waals surface area contributed by atoms with E-state index in [-0.39, 0.29) is 5.56 Å². The highest BCUT2D eigenvalue weighted by Gasteiger charge is 2.50. The molecule has 0 aliphatic rings. The lowest BCUT2D eigenvalue weighted by Gasteiger charge is -2.31. The summed E-state index contributed by atoms with van der Waals surface area (Å²) >= 11 is 3.33. The first-order valence-corrected chi connectivity index (χ1v) is 7.06. The minimum Gasteiger partial charge on any atom is -0.421 e. The lowest BCUT2D eigenvalue weighted by molar-refractivity contribution is -0.108. The van der Waals surface area contributed by atoms with Crippen molar-refractivity contribution in [3.8, 4) is 11.9 Å². The summed E-state index contributed by atoms with van der Waals surface area (Å²) in [6.45, 7) is 0.0918. The summed E-state index contributed by atoms with van der Waals surface area (Å²) in [6.07, 6.45) is 3.93. The third-order valence-corrected chi connectivity index (χ3v) is 3.83. The molecule has 0 aliphatic carbocycles. The molecule has 5 nitrogen and oxygen atoms in total. The molecule has 8 heteroatoms. The Bertz CT molecular complexity index is 709. The molecule has 1 heterocycles. The molecule has 0 radical (unpaired) electrons. The Morgan fingerprint density at radius 1 is 1.50 bits per heavy atom. The number of rotatable bonds is 5. The Balaban J connectivity index is 2.32. The Kier molecular flexibility index (Phi) is 4.49. The van der Waals surface area contributed by atoms with E-state index in [9.17, 15) is 8.78 Å². The molecule has 0 saturated heterocycles. The van der Waals surface area contributed by atoms with Gasteiger partial charge in [-0.15, -0.1) is 0 Å². The van der Waals surface area contributed by atoms with Crippen molar-refractivity contribution < 1.29 is 13.5 Å². The van der Waals surface area contributed by atoms with Crippen LogP contribution in [0.5, 0.6) is 0 Å². The van der Waals surface area contributed by atoms with Crippen LogP contribution in [0.1, 0.15) is 12.5 Å². The molecule has 0 amide bonds. The number of hydrogen-bond acceptors (Lipinski definition) is 4. The predicted molar refractivity (Wildman–Crippen MR) is 79.3 cm³/mol. The topological polar surface area (TPSA) is 76.9 Å². The summed E-state index contributed by atoms with van der Waals surface area (Å²) < 4.78 is 34.7. The van der Waals surface area contributed by atoms with E-state index in [0.717, 1.165) is 4.47 Å². The van der Waals surface area contributed by atoms with Crippen molar-refractivity contribution in [2.24, 2.45) is 5.73 Å². The van der Waals surface area contributed by atoms with Gasteiger partial charge in [-0.05, 0) is 25.1 Å². The molecule has 116 valence electrons. The summed E-state index contributed by atoms with van der Waals surface area (Å²) in [5.74, 6) is -3.42. The van der Waals surface area contributed by atoms with Crippen LogP contribution in [0.25, 0.3) is 5.69 Å². The fourth-order valence-electron chi connectivity index (χ4n) is 1.83. The molecule has 1 aromatic heterocycles. The van der Waals surface area contributed by atoms with Gasteiger partial charge in [0.15, 0.2) is 6.61 Å². The van der Waals surface area contributed by atoms with Crippen LogP contribution in [0.4, 0.5) is 8.78 Å². The van der Waals surface area contributed by atoms with Crippen LogP contribution in [0.3, 0.4) is 0 Å². The number of hydrogen-bond donors (Lipinski definition) is 1. The van der Waals surface area contributed by atoms with Crippen LogP contribution in [-0.4, -0.2) is 22.3 Å². The number of aromatic nitrogens is 2. The van der Waals surface area contributed by atoms with Gasteiger partial charge in [0.2, 0.25) is 0 Å². The van der Waals surface area contributed by atoms with Gasteiger partial charge in [0.25, 0.3) is 6.26 Å². The number of ether oxygens (including phenoxy) is 1. The number of benzene rings is 1. The van der Waals surface area contributed by atoms with Crippen molar-refractivity contribution in [1.82, 2.24) is 9.78 Å². The van der Waals surface area contributed by atoms with E-state index in [2.05, 4.69) is 25.8 Å². The van der Waals surface area contributed by atoms with Crippen molar-refractivity contribution >= 4 is 15.9 Å².